The van der Waals surface area contributed by atoms with Crippen molar-refractivity contribution in [3.63, 3.8) is 0 Å². The van der Waals surface area contributed by atoms with Crippen LogP contribution in [0.1, 0.15) is 30.0 Å². The minimum Gasteiger partial charge on any atom is -0.361 e. The molecule has 1 unspecified atom stereocenters. The molecule has 0 aliphatic heterocycles. The highest BCUT2D eigenvalue weighted by Gasteiger charge is 2.09. The molecule has 3 rings (SSSR count). The summed E-state index contributed by atoms with van der Waals surface area (Å²) < 4.78 is 6.98. The van der Waals surface area contributed by atoms with Gasteiger partial charge in [0.15, 0.2) is 0 Å². The van der Waals surface area contributed by atoms with Crippen molar-refractivity contribution in [2.24, 2.45) is 7.05 Å². The molecular weight excluding hydrogens is 276 g/mol. The van der Waals surface area contributed by atoms with E-state index in [0.29, 0.717) is 0 Å². The summed E-state index contributed by atoms with van der Waals surface area (Å²) in [5, 5.41) is 11.7. The van der Waals surface area contributed by atoms with Gasteiger partial charge in [-0.2, -0.15) is 5.10 Å². The molecule has 3 aromatic rings. The molecule has 0 aliphatic rings. The summed E-state index contributed by atoms with van der Waals surface area (Å²) in [7, 11) is 1.95. The Labute approximate surface area is 129 Å². The monoisotopic (exact) mass is 296 g/mol. The number of aromatic nitrogens is 3. The second-order valence-electron chi connectivity index (χ2n) is 5.50. The molecule has 1 atom stereocenters. The molecule has 0 saturated carbocycles. The maximum Gasteiger partial charge on any atom is 0.133 e. The van der Waals surface area contributed by atoms with Crippen molar-refractivity contribution in [1.82, 2.24) is 20.3 Å². The fraction of sp³-hybridized carbons (Fsp3) is 0.294. The molecular formula is C17H20N4O. The summed E-state index contributed by atoms with van der Waals surface area (Å²) in [6, 6.07) is 12.7. The van der Waals surface area contributed by atoms with Gasteiger partial charge in [0.25, 0.3) is 0 Å². The zero-order valence-electron chi connectivity index (χ0n) is 13.1. The van der Waals surface area contributed by atoms with Gasteiger partial charge in [0.2, 0.25) is 0 Å². The van der Waals surface area contributed by atoms with Gasteiger partial charge in [-0.3, -0.25) is 4.68 Å². The van der Waals surface area contributed by atoms with Crippen molar-refractivity contribution in [3.05, 3.63) is 59.6 Å². The van der Waals surface area contributed by atoms with Gasteiger partial charge < -0.3 is 9.84 Å². The molecule has 0 saturated heterocycles. The minimum atomic E-state index is 0.161. The smallest absolute Gasteiger partial charge is 0.133 e. The second kappa shape index (κ2) is 6.15. The molecule has 0 aliphatic carbocycles. The van der Waals surface area contributed by atoms with Crippen molar-refractivity contribution in [2.75, 3.05) is 0 Å². The highest BCUT2D eigenvalue weighted by molar-refractivity contribution is 5.59. The maximum absolute atomic E-state index is 5.11. The Morgan fingerprint density at radius 2 is 2.00 bits per heavy atom. The van der Waals surface area contributed by atoms with Gasteiger partial charge in [0.1, 0.15) is 11.5 Å². The molecule has 0 spiro atoms. The molecule has 0 amide bonds. The summed E-state index contributed by atoms with van der Waals surface area (Å²) in [6.07, 6.45) is 1.81. The number of hydrogen-bond acceptors (Lipinski definition) is 4. The summed E-state index contributed by atoms with van der Waals surface area (Å²) in [5.41, 5.74) is 4.46. The van der Waals surface area contributed by atoms with Gasteiger partial charge in [-0.25, -0.2) is 0 Å². The predicted octanol–water partition coefficient (Wildman–Crippen LogP) is 3.23. The summed E-state index contributed by atoms with van der Waals surface area (Å²) in [6.45, 7) is 4.78. The van der Waals surface area contributed by atoms with Crippen LogP contribution in [0.4, 0.5) is 0 Å². The molecule has 0 fully saturated rings. The van der Waals surface area contributed by atoms with E-state index in [1.54, 1.807) is 0 Å². The van der Waals surface area contributed by atoms with Crippen molar-refractivity contribution in [1.29, 1.82) is 0 Å². The summed E-state index contributed by atoms with van der Waals surface area (Å²) in [5.74, 6) is 0.837. The van der Waals surface area contributed by atoms with E-state index in [0.717, 1.165) is 23.7 Å². The van der Waals surface area contributed by atoms with Crippen LogP contribution in [0.5, 0.6) is 0 Å². The topological polar surface area (TPSA) is 55.9 Å². The fourth-order valence-electron chi connectivity index (χ4n) is 2.42. The average Bonchev–Trinajstić information content (AvgIpc) is 3.14. The van der Waals surface area contributed by atoms with E-state index in [1.165, 1.54) is 11.1 Å². The molecule has 2 heterocycles. The molecule has 0 radical (unpaired) electrons. The van der Waals surface area contributed by atoms with Gasteiger partial charge in [-0.15, -0.1) is 0 Å². The lowest BCUT2D eigenvalue weighted by Crippen LogP contribution is -2.18. The van der Waals surface area contributed by atoms with Gasteiger partial charge in [-0.05, 0) is 31.0 Å². The van der Waals surface area contributed by atoms with E-state index in [9.17, 15) is 0 Å². The molecule has 5 nitrogen and oxygen atoms in total. The first kappa shape index (κ1) is 14.5. The first-order chi connectivity index (χ1) is 10.6. The van der Waals surface area contributed by atoms with Gasteiger partial charge in [0, 0.05) is 25.9 Å². The molecule has 22 heavy (non-hydrogen) atoms. The molecule has 1 N–H and O–H groups in total. The summed E-state index contributed by atoms with van der Waals surface area (Å²) >= 11 is 0. The molecule has 1 aromatic carbocycles. The van der Waals surface area contributed by atoms with Crippen LogP contribution in [0.25, 0.3) is 11.3 Å². The zero-order valence-corrected chi connectivity index (χ0v) is 13.1. The Bertz CT molecular complexity index is 742. The molecule has 0 bridgehead atoms. The first-order valence-corrected chi connectivity index (χ1v) is 7.37. The van der Waals surface area contributed by atoms with E-state index < -0.39 is 0 Å². The van der Waals surface area contributed by atoms with Crippen molar-refractivity contribution >= 4 is 0 Å². The van der Waals surface area contributed by atoms with E-state index in [2.05, 4.69) is 46.8 Å². The van der Waals surface area contributed by atoms with Crippen LogP contribution in [0.15, 0.2) is 47.1 Å². The quantitative estimate of drug-likeness (QED) is 0.785. The van der Waals surface area contributed by atoms with Crippen molar-refractivity contribution in [2.45, 2.75) is 26.4 Å². The standard InChI is InChI=1S/C17H20N4O/c1-12-10-16(20-22-12)13(2)18-11-14-4-6-15(7-5-14)17-8-9-19-21(17)3/h4-10,13,18H,11H2,1-3H3. The van der Waals surface area contributed by atoms with E-state index in [4.69, 9.17) is 4.52 Å². The van der Waals surface area contributed by atoms with E-state index in [-0.39, 0.29) is 6.04 Å². The van der Waals surface area contributed by atoms with Crippen molar-refractivity contribution in [3.8, 4) is 11.3 Å². The fourth-order valence-corrected chi connectivity index (χ4v) is 2.42. The third kappa shape index (κ3) is 3.09. The van der Waals surface area contributed by atoms with Gasteiger partial charge in [0.05, 0.1) is 11.7 Å². The Kier molecular flexibility index (Phi) is 4.06. The molecule has 5 heteroatoms. The van der Waals surface area contributed by atoms with Crippen LogP contribution in [0.3, 0.4) is 0 Å². The Morgan fingerprint density at radius 3 is 2.59 bits per heavy atom. The number of nitrogens with zero attached hydrogens (tertiary/aromatic N) is 3. The number of benzene rings is 1. The van der Waals surface area contributed by atoms with Gasteiger partial charge in [-0.1, -0.05) is 29.4 Å². The first-order valence-electron chi connectivity index (χ1n) is 7.37. The average molecular weight is 296 g/mol. The Morgan fingerprint density at radius 1 is 1.23 bits per heavy atom. The van der Waals surface area contributed by atoms with Crippen LogP contribution in [-0.2, 0) is 13.6 Å². The lowest BCUT2D eigenvalue weighted by molar-refractivity contribution is 0.380. The van der Waals surface area contributed by atoms with E-state index in [1.807, 2.05) is 37.0 Å². The van der Waals surface area contributed by atoms with Crippen LogP contribution in [-0.4, -0.2) is 14.9 Å². The summed E-state index contributed by atoms with van der Waals surface area (Å²) in [4.78, 5) is 0. The second-order valence-corrected chi connectivity index (χ2v) is 5.50. The van der Waals surface area contributed by atoms with Crippen LogP contribution in [0.2, 0.25) is 0 Å². The van der Waals surface area contributed by atoms with Crippen LogP contribution < -0.4 is 5.32 Å². The minimum absolute atomic E-state index is 0.161. The third-order valence-electron chi connectivity index (χ3n) is 3.77. The Hall–Kier alpha value is -2.40. The number of rotatable bonds is 5. The highest BCUT2D eigenvalue weighted by Crippen LogP contribution is 2.19. The van der Waals surface area contributed by atoms with E-state index >= 15 is 0 Å². The van der Waals surface area contributed by atoms with Crippen LogP contribution >= 0.6 is 0 Å². The van der Waals surface area contributed by atoms with Gasteiger partial charge >= 0.3 is 0 Å². The predicted molar refractivity (Wildman–Crippen MR) is 85.1 cm³/mol. The zero-order chi connectivity index (χ0) is 15.5. The largest absolute Gasteiger partial charge is 0.361 e. The van der Waals surface area contributed by atoms with Crippen molar-refractivity contribution < 1.29 is 4.52 Å². The number of nitrogens with one attached hydrogen (secondary N) is 1. The Balaban J connectivity index is 1.63. The SMILES string of the molecule is Cc1cc(C(C)NCc2ccc(-c3ccnn3C)cc2)no1. The maximum atomic E-state index is 5.11. The molecule has 2 aromatic heterocycles. The normalized spacial score (nSPS) is 12.5. The number of aryl methyl sites for hydroxylation is 2. The lowest BCUT2D eigenvalue weighted by atomic mass is 10.1. The highest BCUT2D eigenvalue weighted by atomic mass is 16.5. The third-order valence-corrected chi connectivity index (χ3v) is 3.77. The molecule has 114 valence electrons. The van der Waals surface area contributed by atoms with Crippen LogP contribution in [0, 0.1) is 6.92 Å². The lowest BCUT2D eigenvalue weighted by Gasteiger charge is -2.11. The number of hydrogen-bond donors (Lipinski definition) is 1.